The largest absolute Gasteiger partial charge is 0.444 e. The van der Waals surface area contributed by atoms with Crippen LogP contribution in [0.1, 0.15) is 37.9 Å². The Bertz CT molecular complexity index is 593. The van der Waals surface area contributed by atoms with Crippen molar-refractivity contribution >= 4 is 12.4 Å². The lowest BCUT2D eigenvalue weighted by atomic mass is 10.0. The molecular formula is C15H17F4NO3. The van der Waals surface area contributed by atoms with Gasteiger partial charge >= 0.3 is 12.3 Å². The molecule has 0 saturated carbocycles. The van der Waals surface area contributed by atoms with Crippen molar-refractivity contribution in [1.29, 1.82) is 0 Å². The molecule has 128 valence electrons. The molecule has 0 spiro atoms. The number of halogens is 4. The molecule has 23 heavy (non-hydrogen) atoms. The van der Waals surface area contributed by atoms with Gasteiger partial charge in [0.2, 0.25) is 0 Å². The Kier molecular flexibility index (Phi) is 5.39. The second-order valence-corrected chi connectivity index (χ2v) is 5.94. The van der Waals surface area contributed by atoms with Gasteiger partial charge in [0.05, 0.1) is 5.56 Å². The summed E-state index contributed by atoms with van der Waals surface area (Å²) in [5.74, 6) is -1.15. The van der Waals surface area contributed by atoms with E-state index in [1.54, 1.807) is 20.8 Å². The van der Waals surface area contributed by atoms with E-state index in [4.69, 9.17) is 4.74 Å². The van der Waals surface area contributed by atoms with Gasteiger partial charge in [0.15, 0.2) is 0 Å². The minimum Gasteiger partial charge on any atom is -0.444 e. The standard InChI is InChI=1S/C15H17F4NO3/c1-14(2,3)23-13(22)20(4)12(8-21)9-5-10(15(17,18)19)7-11(16)6-9/h5-8,12H,1-4H3. The number of carbonyl (C=O) groups is 2. The third kappa shape index (κ3) is 5.22. The van der Waals surface area contributed by atoms with Gasteiger partial charge in [-0.3, -0.25) is 4.90 Å². The minimum atomic E-state index is -4.77. The molecule has 1 rings (SSSR count). The van der Waals surface area contributed by atoms with Gasteiger partial charge in [-0.05, 0) is 44.5 Å². The molecule has 0 aliphatic carbocycles. The molecule has 1 aromatic rings. The normalized spacial score (nSPS) is 13.4. The van der Waals surface area contributed by atoms with Gasteiger partial charge in [-0.1, -0.05) is 0 Å². The number of hydrogen-bond acceptors (Lipinski definition) is 3. The summed E-state index contributed by atoms with van der Waals surface area (Å²) in [6.07, 6.45) is -5.43. The van der Waals surface area contributed by atoms with E-state index in [0.29, 0.717) is 12.1 Å². The number of rotatable bonds is 3. The van der Waals surface area contributed by atoms with E-state index >= 15 is 0 Å². The van der Waals surface area contributed by atoms with Crippen LogP contribution in [-0.2, 0) is 15.7 Å². The first-order valence-corrected chi connectivity index (χ1v) is 6.64. The zero-order valence-electron chi connectivity index (χ0n) is 13.1. The molecule has 0 radical (unpaired) electrons. The molecule has 1 atom stereocenters. The highest BCUT2D eigenvalue weighted by molar-refractivity contribution is 5.74. The van der Waals surface area contributed by atoms with Crippen LogP contribution >= 0.6 is 0 Å². The van der Waals surface area contributed by atoms with Crippen LogP contribution in [0.2, 0.25) is 0 Å². The number of alkyl halides is 3. The fourth-order valence-electron chi connectivity index (χ4n) is 1.79. The van der Waals surface area contributed by atoms with Crippen LogP contribution in [-0.4, -0.2) is 29.9 Å². The molecule has 0 bridgehead atoms. The average molecular weight is 335 g/mol. The molecule has 0 saturated heterocycles. The molecule has 1 amide bonds. The molecule has 8 heteroatoms. The molecule has 0 heterocycles. The number of ether oxygens (including phenoxy) is 1. The molecule has 0 aliphatic rings. The molecule has 1 aromatic carbocycles. The predicted octanol–water partition coefficient (Wildman–Crippen LogP) is 3.95. The Morgan fingerprint density at radius 2 is 1.78 bits per heavy atom. The number of amides is 1. The first kappa shape index (κ1) is 18.9. The molecular weight excluding hydrogens is 318 g/mol. The van der Waals surface area contributed by atoms with Gasteiger partial charge < -0.3 is 9.53 Å². The number of likely N-dealkylation sites (N-methyl/N-ethyl adjacent to an activating group) is 1. The van der Waals surface area contributed by atoms with Gasteiger partial charge in [-0.25, -0.2) is 9.18 Å². The van der Waals surface area contributed by atoms with Crippen LogP contribution in [0.5, 0.6) is 0 Å². The summed E-state index contributed by atoms with van der Waals surface area (Å²) in [5.41, 5.74) is -2.38. The van der Waals surface area contributed by atoms with Gasteiger partial charge in [0, 0.05) is 7.05 Å². The maximum atomic E-state index is 13.4. The molecule has 0 N–H and O–H groups in total. The zero-order chi connectivity index (χ0) is 18.0. The third-order valence-electron chi connectivity index (χ3n) is 2.82. The highest BCUT2D eigenvalue weighted by Crippen LogP contribution is 2.32. The van der Waals surface area contributed by atoms with E-state index in [0.717, 1.165) is 11.0 Å². The lowest BCUT2D eigenvalue weighted by molar-refractivity contribution is -0.138. The number of carbonyl (C=O) groups excluding carboxylic acids is 2. The van der Waals surface area contributed by atoms with Crippen LogP contribution in [0.3, 0.4) is 0 Å². The van der Waals surface area contributed by atoms with Crippen molar-refractivity contribution in [3.63, 3.8) is 0 Å². The number of hydrogen-bond donors (Lipinski definition) is 0. The van der Waals surface area contributed by atoms with Gasteiger partial charge in [-0.2, -0.15) is 13.2 Å². The smallest absolute Gasteiger partial charge is 0.416 e. The first-order valence-electron chi connectivity index (χ1n) is 6.64. The molecule has 0 aliphatic heterocycles. The topological polar surface area (TPSA) is 46.6 Å². The van der Waals surface area contributed by atoms with Gasteiger partial charge in [-0.15, -0.1) is 0 Å². The van der Waals surface area contributed by atoms with Crippen molar-refractivity contribution in [1.82, 2.24) is 4.90 Å². The Balaban J connectivity index is 3.18. The maximum Gasteiger partial charge on any atom is 0.416 e. The second-order valence-electron chi connectivity index (χ2n) is 5.94. The molecule has 0 aromatic heterocycles. The summed E-state index contributed by atoms with van der Waals surface area (Å²) in [6, 6.07) is 0.318. The van der Waals surface area contributed by atoms with Crippen LogP contribution in [0.15, 0.2) is 18.2 Å². The lowest BCUT2D eigenvalue weighted by Gasteiger charge is -2.28. The minimum absolute atomic E-state index is 0.249. The fourth-order valence-corrected chi connectivity index (χ4v) is 1.79. The van der Waals surface area contributed by atoms with Crippen molar-refractivity contribution in [2.45, 2.75) is 38.6 Å². The number of nitrogens with zero attached hydrogens (tertiary/aromatic N) is 1. The molecule has 0 fully saturated rings. The van der Waals surface area contributed by atoms with Crippen molar-refractivity contribution in [2.75, 3.05) is 7.05 Å². The first-order chi connectivity index (χ1) is 10.3. The third-order valence-corrected chi connectivity index (χ3v) is 2.82. The fraction of sp³-hybridized carbons (Fsp3) is 0.467. The van der Waals surface area contributed by atoms with Crippen LogP contribution in [0, 0.1) is 5.82 Å². The second kappa shape index (κ2) is 6.55. The van der Waals surface area contributed by atoms with Gasteiger partial charge in [0.1, 0.15) is 23.7 Å². The highest BCUT2D eigenvalue weighted by Gasteiger charge is 2.33. The van der Waals surface area contributed by atoms with Crippen molar-refractivity contribution < 1.29 is 31.9 Å². The summed E-state index contributed by atoms with van der Waals surface area (Å²) < 4.78 is 56.7. The summed E-state index contributed by atoms with van der Waals surface area (Å²) in [5, 5.41) is 0. The van der Waals surface area contributed by atoms with Crippen LogP contribution in [0.4, 0.5) is 22.4 Å². The van der Waals surface area contributed by atoms with Crippen molar-refractivity contribution in [3.05, 3.63) is 35.1 Å². The van der Waals surface area contributed by atoms with E-state index in [2.05, 4.69) is 0 Å². The Hall–Kier alpha value is -2.12. The molecule has 4 nitrogen and oxygen atoms in total. The van der Waals surface area contributed by atoms with E-state index in [1.807, 2.05) is 0 Å². The van der Waals surface area contributed by atoms with E-state index in [9.17, 15) is 27.2 Å². The van der Waals surface area contributed by atoms with Gasteiger partial charge in [0.25, 0.3) is 0 Å². The van der Waals surface area contributed by atoms with Crippen molar-refractivity contribution in [3.8, 4) is 0 Å². The van der Waals surface area contributed by atoms with E-state index in [-0.39, 0.29) is 11.8 Å². The summed E-state index contributed by atoms with van der Waals surface area (Å²) in [4.78, 5) is 24.0. The summed E-state index contributed by atoms with van der Waals surface area (Å²) in [6.45, 7) is 4.79. The Morgan fingerprint density at radius 3 is 2.22 bits per heavy atom. The van der Waals surface area contributed by atoms with E-state index in [1.165, 1.54) is 7.05 Å². The molecule has 1 unspecified atom stereocenters. The summed E-state index contributed by atoms with van der Waals surface area (Å²) in [7, 11) is 1.19. The Labute approximate surface area is 131 Å². The summed E-state index contributed by atoms with van der Waals surface area (Å²) >= 11 is 0. The number of benzene rings is 1. The number of aldehydes is 1. The Morgan fingerprint density at radius 1 is 1.22 bits per heavy atom. The maximum absolute atomic E-state index is 13.4. The SMILES string of the molecule is CN(C(=O)OC(C)(C)C)C(C=O)c1cc(F)cc(C(F)(F)F)c1. The lowest BCUT2D eigenvalue weighted by Crippen LogP contribution is -2.37. The van der Waals surface area contributed by atoms with Crippen molar-refractivity contribution in [2.24, 2.45) is 0 Å². The highest BCUT2D eigenvalue weighted by atomic mass is 19.4. The monoisotopic (exact) mass is 335 g/mol. The average Bonchev–Trinajstić information content (AvgIpc) is 2.35. The quantitative estimate of drug-likeness (QED) is 0.621. The zero-order valence-corrected chi connectivity index (χ0v) is 13.1. The predicted molar refractivity (Wildman–Crippen MR) is 74.2 cm³/mol. The van der Waals surface area contributed by atoms with E-state index < -0.39 is 35.3 Å². The van der Waals surface area contributed by atoms with Crippen LogP contribution < -0.4 is 0 Å². The van der Waals surface area contributed by atoms with Crippen LogP contribution in [0.25, 0.3) is 0 Å².